The van der Waals surface area contributed by atoms with Gasteiger partial charge >= 0.3 is 23.9 Å². The molecule has 12 nitrogen and oxygen atoms in total. The maximum Gasteiger partial charge on any atom is 0.339 e. The fourth-order valence-electron chi connectivity index (χ4n) is 3.22. The standard InChI is InChI=1S/C21H25NO11/c1-10-6-7-15(14(8-10)22-9-23)32-21-19(31-13(4)26)17(30-12(3)25)16(29-11(2)24)18(33-21)20(27)28-5/h6-9,16-19,21H,1-5H3,(H,22,23)/t16-,17-,18-,19+,21+/m0/s1. The summed E-state index contributed by atoms with van der Waals surface area (Å²) < 4.78 is 32.0. The van der Waals surface area contributed by atoms with Crippen molar-refractivity contribution >= 4 is 36.0 Å². The maximum absolute atomic E-state index is 12.4. The molecule has 5 atom stereocenters. The molecule has 1 aliphatic heterocycles. The molecule has 180 valence electrons. The first kappa shape index (κ1) is 25.6. The number of amides is 1. The van der Waals surface area contributed by atoms with Crippen molar-refractivity contribution in [2.24, 2.45) is 0 Å². The maximum atomic E-state index is 12.4. The van der Waals surface area contributed by atoms with Crippen LogP contribution in [0.5, 0.6) is 5.75 Å². The van der Waals surface area contributed by atoms with Gasteiger partial charge in [0.05, 0.1) is 12.8 Å². The van der Waals surface area contributed by atoms with E-state index in [1.165, 1.54) is 6.07 Å². The van der Waals surface area contributed by atoms with Crippen molar-refractivity contribution < 1.29 is 52.4 Å². The fourth-order valence-corrected chi connectivity index (χ4v) is 3.22. The van der Waals surface area contributed by atoms with Crippen LogP contribution in [0, 0.1) is 6.92 Å². The summed E-state index contributed by atoms with van der Waals surface area (Å²) in [4.78, 5) is 58.8. The Labute approximate surface area is 189 Å². The van der Waals surface area contributed by atoms with Crippen molar-refractivity contribution in [1.82, 2.24) is 0 Å². The van der Waals surface area contributed by atoms with E-state index in [4.69, 9.17) is 28.4 Å². The van der Waals surface area contributed by atoms with Crippen molar-refractivity contribution in [3.63, 3.8) is 0 Å². The van der Waals surface area contributed by atoms with Crippen LogP contribution in [-0.4, -0.2) is 68.1 Å². The van der Waals surface area contributed by atoms with Gasteiger partial charge in [0.1, 0.15) is 5.75 Å². The molecule has 0 bridgehead atoms. The molecular formula is C21H25NO11. The third-order valence-electron chi connectivity index (χ3n) is 4.43. The van der Waals surface area contributed by atoms with Gasteiger partial charge in [0.2, 0.25) is 18.8 Å². The number of rotatable bonds is 8. The van der Waals surface area contributed by atoms with Crippen molar-refractivity contribution in [3.8, 4) is 5.75 Å². The van der Waals surface area contributed by atoms with Crippen molar-refractivity contribution in [1.29, 1.82) is 0 Å². The van der Waals surface area contributed by atoms with Crippen LogP contribution in [0.1, 0.15) is 26.3 Å². The molecular weight excluding hydrogens is 442 g/mol. The van der Waals surface area contributed by atoms with Gasteiger partial charge < -0.3 is 33.7 Å². The molecule has 1 aromatic rings. The number of methoxy groups -OCH3 is 1. The Morgan fingerprint density at radius 3 is 2.06 bits per heavy atom. The number of ether oxygens (including phenoxy) is 6. The molecule has 1 fully saturated rings. The van der Waals surface area contributed by atoms with E-state index in [-0.39, 0.29) is 11.4 Å². The number of hydrogen-bond donors (Lipinski definition) is 1. The number of esters is 4. The zero-order valence-corrected chi connectivity index (χ0v) is 18.7. The monoisotopic (exact) mass is 467 g/mol. The Morgan fingerprint density at radius 2 is 1.52 bits per heavy atom. The zero-order valence-electron chi connectivity index (χ0n) is 18.7. The highest BCUT2D eigenvalue weighted by atomic mass is 16.7. The molecule has 1 aliphatic rings. The lowest BCUT2D eigenvalue weighted by molar-refractivity contribution is -0.282. The number of benzene rings is 1. The van der Waals surface area contributed by atoms with Crippen LogP contribution in [0.25, 0.3) is 0 Å². The molecule has 0 unspecified atom stereocenters. The quantitative estimate of drug-likeness (QED) is 0.325. The predicted molar refractivity (Wildman–Crippen MR) is 109 cm³/mol. The minimum Gasteiger partial charge on any atom is -0.467 e. The van der Waals surface area contributed by atoms with Gasteiger partial charge in [-0.2, -0.15) is 0 Å². The number of nitrogens with one attached hydrogen (secondary N) is 1. The summed E-state index contributed by atoms with van der Waals surface area (Å²) in [6, 6.07) is 4.80. The first-order chi connectivity index (χ1) is 15.6. The molecule has 1 aromatic carbocycles. The molecule has 33 heavy (non-hydrogen) atoms. The second-order valence-electron chi connectivity index (χ2n) is 7.05. The number of carbonyl (C=O) groups is 5. The second-order valence-corrected chi connectivity index (χ2v) is 7.05. The highest BCUT2D eigenvalue weighted by Gasteiger charge is 2.55. The molecule has 0 radical (unpaired) electrons. The van der Waals surface area contributed by atoms with Crippen LogP contribution in [0.3, 0.4) is 0 Å². The molecule has 12 heteroatoms. The van der Waals surface area contributed by atoms with Gasteiger partial charge in [-0.1, -0.05) is 6.07 Å². The Kier molecular flexibility index (Phi) is 8.74. The third-order valence-corrected chi connectivity index (χ3v) is 4.43. The first-order valence-electron chi connectivity index (χ1n) is 9.79. The van der Waals surface area contributed by atoms with Crippen LogP contribution >= 0.6 is 0 Å². The van der Waals surface area contributed by atoms with E-state index in [1.54, 1.807) is 19.1 Å². The smallest absolute Gasteiger partial charge is 0.339 e. The van der Waals surface area contributed by atoms with Crippen LogP contribution in [0.2, 0.25) is 0 Å². The molecule has 0 spiro atoms. The van der Waals surface area contributed by atoms with Gasteiger partial charge in [-0.3, -0.25) is 19.2 Å². The SMILES string of the molecule is COC(=O)[C@H]1O[C@@H](Oc2ccc(C)cc2NC=O)[C@H](OC(C)=O)[C@@H](OC(C)=O)[C@@H]1OC(C)=O. The van der Waals surface area contributed by atoms with E-state index in [1.807, 2.05) is 0 Å². The van der Waals surface area contributed by atoms with Crippen molar-refractivity contribution in [2.45, 2.75) is 58.4 Å². The highest BCUT2D eigenvalue weighted by molar-refractivity contribution is 5.77. The molecule has 0 aromatic heterocycles. The largest absolute Gasteiger partial charge is 0.467 e. The summed E-state index contributed by atoms with van der Waals surface area (Å²) in [5.41, 5.74) is 1.06. The predicted octanol–water partition coefficient (Wildman–Crippen LogP) is 0.635. The van der Waals surface area contributed by atoms with Crippen LogP contribution in [0.15, 0.2) is 18.2 Å². The Balaban J connectivity index is 2.55. The molecule has 1 amide bonds. The van der Waals surface area contributed by atoms with E-state index in [9.17, 15) is 24.0 Å². The third kappa shape index (κ3) is 6.65. The lowest BCUT2D eigenvalue weighted by Crippen LogP contribution is -2.64. The molecule has 1 heterocycles. The van der Waals surface area contributed by atoms with E-state index < -0.39 is 54.6 Å². The average Bonchev–Trinajstić information content (AvgIpc) is 2.72. The number of hydrogen-bond acceptors (Lipinski definition) is 11. The molecule has 0 saturated carbocycles. The van der Waals surface area contributed by atoms with Crippen LogP contribution < -0.4 is 10.1 Å². The highest BCUT2D eigenvalue weighted by Crippen LogP contribution is 2.33. The van der Waals surface area contributed by atoms with Gasteiger partial charge in [-0.15, -0.1) is 0 Å². The lowest BCUT2D eigenvalue weighted by atomic mass is 9.97. The molecule has 2 rings (SSSR count). The van der Waals surface area contributed by atoms with Crippen molar-refractivity contribution in [2.75, 3.05) is 12.4 Å². The minimum absolute atomic E-state index is 0.103. The Hall–Kier alpha value is -3.67. The summed E-state index contributed by atoms with van der Waals surface area (Å²) >= 11 is 0. The minimum atomic E-state index is -1.59. The Bertz CT molecular complexity index is 915. The van der Waals surface area contributed by atoms with Gasteiger partial charge in [-0.05, 0) is 24.6 Å². The van der Waals surface area contributed by atoms with Crippen molar-refractivity contribution in [3.05, 3.63) is 23.8 Å². The van der Waals surface area contributed by atoms with E-state index in [2.05, 4.69) is 5.32 Å². The zero-order chi connectivity index (χ0) is 24.7. The summed E-state index contributed by atoms with van der Waals surface area (Å²) in [5, 5.41) is 2.47. The van der Waals surface area contributed by atoms with Gasteiger partial charge in [0, 0.05) is 20.8 Å². The normalized spacial score (nSPS) is 24.1. The summed E-state index contributed by atoms with van der Waals surface area (Å²) in [7, 11) is 1.08. The van der Waals surface area contributed by atoms with Gasteiger partial charge in [-0.25, -0.2) is 4.79 Å². The summed E-state index contributed by atoms with van der Waals surface area (Å²) in [6.45, 7) is 5.04. The molecule has 0 aliphatic carbocycles. The fraction of sp³-hybridized carbons (Fsp3) is 0.476. The Morgan fingerprint density at radius 1 is 0.939 bits per heavy atom. The van der Waals surface area contributed by atoms with E-state index in [0.29, 0.717) is 6.41 Å². The number of anilines is 1. The summed E-state index contributed by atoms with van der Waals surface area (Å²) in [5.74, 6) is -3.26. The number of carbonyl (C=O) groups excluding carboxylic acids is 5. The second kappa shape index (κ2) is 11.3. The molecule has 1 N–H and O–H groups in total. The van der Waals surface area contributed by atoms with Crippen LogP contribution in [-0.2, 0) is 47.7 Å². The molecule has 1 saturated heterocycles. The van der Waals surface area contributed by atoms with Gasteiger partial charge in [0.15, 0.2) is 18.3 Å². The van der Waals surface area contributed by atoms with Crippen LogP contribution in [0.4, 0.5) is 5.69 Å². The summed E-state index contributed by atoms with van der Waals surface area (Å²) in [6.07, 6.45) is -7.12. The first-order valence-corrected chi connectivity index (χ1v) is 9.79. The topological polar surface area (TPSA) is 153 Å². The number of aryl methyl sites for hydroxylation is 1. The van der Waals surface area contributed by atoms with E-state index in [0.717, 1.165) is 33.4 Å². The van der Waals surface area contributed by atoms with E-state index >= 15 is 0 Å². The van der Waals surface area contributed by atoms with Gasteiger partial charge in [0.25, 0.3) is 0 Å². The average molecular weight is 467 g/mol. The lowest BCUT2D eigenvalue weighted by Gasteiger charge is -2.43.